The van der Waals surface area contributed by atoms with Crippen molar-refractivity contribution in [1.82, 2.24) is 5.32 Å². The summed E-state index contributed by atoms with van der Waals surface area (Å²) in [4.78, 5) is 11.8. The maximum atomic E-state index is 11.8. The van der Waals surface area contributed by atoms with Gasteiger partial charge in [-0.25, -0.2) is 0 Å². The zero-order chi connectivity index (χ0) is 11.5. The monoisotopic (exact) mass is 257 g/mol. The molecule has 1 aromatic rings. The third kappa shape index (κ3) is 2.50. The molecule has 0 aliphatic heterocycles. The van der Waals surface area contributed by atoms with E-state index in [1.807, 2.05) is 0 Å². The normalized spacial score (nSPS) is 15.6. The van der Waals surface area contributed by atoms with Gasteiger partial charge in [-0.2, -0.15) is 0 Å². The molecule has 1 saturated carbocycles. The highest BCUT2D eigenvalue weighted by molar-refractivity contribution is 6.43. The molecule has 2 nitrogen and oxygen atoms in total. The Kier molecular flexibility index (Phi) is 3.72. The average Bonchev–Trinajstić information content (AvgIpc) is 2.19. The highest BCUT2D eigenvalue weighted by Gasteiger charge is 2.19. The van der Waals surface area contributed by atoms with Crippen molar-refractivity contribution in [3.8, 4) is 0 Å². The molecule has 0 bridgehead atoms. The number of carbonyl (C=O) groups excluding carboxylic acids is 1. The third-order valence-corrected chi connectivity index (χ3v) is 3.79. The number of carbonyl (C=O) groups is 1. The summed E-state index contributed by atoms with van der Waals surface area (Å²) in [5.74, 6) is 0.501. The Bertz CT molecular complexity index is 402. The lowest BCUT2D eigenvalue weighted by molar-refractivity contribution is 0.0939. The van der Waals surface area contributed by atoms with Crippen molar-refractivity contribution in [2.45, 2.75) is 19.3 Å². The van der Waals surface area contributed by atoms with Crippen LogP contribution < -0.4 is 5.32 Å². The SMILES string of the molecule is O=C(NCC1CCC1)c1cccc(Cl)c1Cl. The first-order valence-corrected chi connectivity index (χ1v) is 6.16. The molecule has 0 radical (unpaired) electrons. The van der Waals surface area contributed by atoms with E-state index in [9.17, 15) is 4.79 Å². The van der Waals surface area contributed by atoms with Gasteiger partial charge in [-0.1, -0.05) is 35.7 Å². The first-order chi connectivity index (χ1) is 7.68. The number of amides is 1. The van der Waals surface area contributed by atoms with Crippen molar-refractivity contribution < 1.29 is 4.79 Å². The van der Waals surface area contributed by atoms with Gasteiger partial charge in [0, 0.05) is 6.54 Å². The van der Waals surface area contributed by atoms with Crippen LogP contribution in [0.1, 0.15) is 29.6 Å². The lowest BCUT2D eigenvalue weighted by atomic mass is 9.85. The summed E-state index contributed by atoms with van der Waals surface area (Å²) in [6, 6.07) is 5.09. The predicted octanol–water partition coefficient (Wildman–Crippen LogP) is 3.52. The molecule has 1 aliphatic rings. The predicted molar refractivity (Wildman–Crippen MR) is 66.1 cm³/mol. The van der Waals surface area contributed by atoms with Gasteiger partial charge in [-0.3, -0.25) is 4.79 Å². The maximum Gasteiger partial charge on any atom is 0.252 e. The minimum absolute atomic E-state index is 0.139. The van der Waals surface area contributed by atoms with Crippen LogP contribution >= 0.6 is 23.2 Å². The Labute approximate surface area is 105 Å². The van der Waals surface area contributed by atoms with E-state index < -0.39 is 0 Å². The van der Waals surface area contributed by atoms with Gasteiger partial charge in [0.05, 0.1) is 15.6 Å². The Morgan fingerprint density at radius 3 is 2.75 bits per heavy atom. The second-order valence-electron chi connectivity index (χ2n) is 4.11. The van der Waals surface area contributed by atoms with Crippen LogP contribution in [0.15, 0.2) is 18.2 Å². The zero-order valence-electron chi connectivity index (χ0n) is 8.80. The van der Waals surface area contributed by atoms with Crippen LogP contribution in [0.3, 0.4) is 0 Å². The van der Waals surface area contributed by atoms with Crippen molar-refractivity contribution >= 4 is 29.1 Å². The molecular formula is C12H13Cl2NO. The van der Waals surface area contributed by atoms with E-state index in [2.05, 4.69) is 5.32 Å². The number of nitrogens with one attached hydrogen (secondary N) is 1. The summed E-state index contributed by atoms with van der Waals surface area (Å²) in [7, 11) is 0. The van der Waals surface area contributed by atoms with Crippen molar-refractivity contribution in [3.63, 3.8) is 0 Å². The summed E-state index contributed by atoms with van der Waals surface area (Å²) in [5.41, 5.74) is 0.452. The van der Waals surface area contributed by atoms with E-state index in [0.29, 0.717) is 21.5 Å². The molecule has 1 fully saturated rings. The number of hydrogen-bond donors (Lipinski definition) is 1. The van der Waals surface area contributed by atoms with E-state index in [1.54, 1.807) is 18.2 Å². The van der Waals surface area contributed by atoms with Crippen LogP contribution in [0.4, 0.5) is 0 Å². The molecule has 0 spiro atoms. The van der Waals surface area contributed by atoms with Gasteiger partial charge in [-0.15, -0.1) is 0 Å². The molecule has 1 aliphatic carbocycles. The van der Waals surface area contributed by atoms with Crippen LogP contribution in [0.2, 0.25) is 10.0 Å². The first-order valence-electron chi connectivity index (χ1n) is 5.40. The largest absolute Gasteiger partial charge is 0.352 e. The molecule has 0 saturated heterocycles. The summed E-state index contributed by atoms with van der Waals surface area (Å²) in [5, 5.41) is 3.63. The van der Waals surface area contributed by atoms with Gasteiger partial charge in [0.2, 0.25) is 0 Å². The second kappa shape index (κ2) is 5.07. The number of rotatable bonds is 3. The van der Waals surface area contributed by atoms with Crippen LogP contribution in [-0.4, -0.2) is 12.5 Å². The van der Waals surface area contributed by atoms with E-state index in [1.165, 1.54) is 19.3 Å². The Morgan fingerprint density at radius 2 is 2.12 bits per heavy atom. The summed E-state index contributed by atoms with van der Waals surface area (Å²) in [6.45, 7) is 0.738. The standard InChI is InChI=1S/C12H13Cl2NO/c13-10-6-2-5-9(11(10)14)12(16)15-7-8-3-1-4-8/h2,5-6,8H,1,3-4,7H2,(H,15,16). The lowest BCUT2D eigenvalue weighted by Gasteiger charge is -2.25. The van der Waals surface area contributed by atoms with Gasteiger partial charge in [-0.05, 0) is 30.9 Å². The van der Waals surface area contributed by atoms with Crippen molar-refractivity contribution in [2.24, 2.45) is 5.92 Å². The van der Waals surface area contributed by atoms with Gasteiger partial charge in [0.25, 0.3) is 5.91 Å². The molecule has 16 heavy (non-hydrogen) atoms. The summed E-state index contributed by atoms with van der Waals surface area (Å²) < 4.78 is 0. The van der Waals surface area contributed by atoms with Crippen LogP contribution in [0.25, 0.3) is 0 Å². The zero-order valence-corrected chi connectivity index (χ0v) is 10.3. The van der Waals surface area contributed by atoms with Crippen molar-refractivity contribution in [1.29, 1.82) is 0 Å². The number of halogens is 2. The van der Waals surface area contributed by atoms with Gasteiger partial charge in [0.15, 0.2) is 0 Å². The molecule has 2 rings (SSSR count). The maximum absolute atomic E-state index is 11.8. The molecule has 1 amide bonds. The Morgan fingerprint density at radius 1 is 1.38 bits per heavy atom. The van der Waals surface area contributed by atoms with Gasteiger partial charge >= 0.3 is 0 Å². The van der Waals surface area contributed by atoms with E-state index in [-0.39, 0.29) is 5.91 Å². The topological polar surface area (TPSA) is 29.1 Å². The van der Waals surface area contributed by atoms with Crippen molar-refractivity contribution in [2.75, 3.05) is 6.54 Å². The molecular weight excluding hydrogens is 245 g/mol. The Hall–Kier alpha value is -0.730. The smallest absolute Gasteiger partial charge is 0.252 e. The fraction of sp³-hybridized carbons (Fsp3) is 0.417. The minimum atomic E-state index is -0.139. The molecule has 0 heterocycles. The number of hydrogen-bond acceptors (Lipinski definition) is 1. The molecule has 86 valence electrons. The van der Waals surface area contributed by atoms with Gasteiger partial charge < -0.3 is 5.32 Å². The fourth-order valence-electron chi connectivity index (χ4n) is 1.71. The van der Waals surface area contributed by atoms with Gasteiger partial charge in [0.1, 0.15) is 0 Å². The molecule has 0 aromatic heterocycles. The van der Waals surface area contributed by atoms with Crippen LogP contribution in [0, 0.1) is 5.92 Å². The Balaban J connectivity index is 1.99. The molecule has 4 heteroatoms. The molecule has 0 unspecified atom stereocenters. The first kappa shape index (κ1) is 11.7. The highest BCUT2D eigenvalue weighted by atomic mass is 35.5. The highest BCUT2D eigenvalue weighted by Crippen LogP contribution is 2.27. The van der Waals surface area contributed by atoms with Crippen LogP contribution in [-0.2, 0) is 0 Å². The van der Waals surface area contributed by atoms with E-state index >= 15 is 0 Å². The van der Waals surface area contributed by atoms with E-state index in [4.69, 9.17) is 23.2 Å². The van der Waals surface area contributed by atoms with Crippen LogP contribution in [0.5, 0.6) is 0 Å². The van der Waals surface area contributed by atoms with Crippen molar-refractivity contribution in [3.05, 3.63) is 33.8 Å². The fourth-order valence-corrected chi connectivity index (χ4v) is 2.09. The second-order valence-corrected chi connectivity index (χ2v) is 4.89. The minimum Gasteiger partial charge on any atom is -0.352 e. The molecule has 1 N–H and O–H groups in total. The summed E-state index contributed by atoms with van der Waals surface area (Å²) >= 11 is 11.8. The number of benzene rings is 1. The average molecular weight is 258 g/mol. The molecule has 1 aromatic carbocycles. The lowest BCUT2D eigenvalue weighted by Crippen LogP contribution is -2.32. The molecule has 0 atom stereocenters. The van der Waals surface area contributed by atoms with E-state index in [0.717, 1.165) is 6.54 Å². The third-order valence-electron chi connectivity index (χ3n) is 2.97. The summed E-state index contributed by atoms with van der Waals surface area (Å²) in [6.07, 6.45) is 3.70. The quantitative estimate of drug-likeness (QED) is 0.882.